The Bertz CT molecular complexity index is 1140. The van der Waals surface area contributed by atoms with Gasteiger partial charge in [0.1, 0.15) is 0 Å². The van der Waals surface area contributed by atoms with E-state index in [-0.39, 0.29) is 16.8 Å². The van der Waals surface area contributed by atoms with Crippen LogP contribution in [0.3, 0.4) is 0 Å². The highest BCUT2D eigenvalue weighted by Gasteiger charge is 2.28. The van der Waals surface area contributed by atoms with Gasteiger partial charge in [0.25, 0.3) is 5.91 Å². The van der Waals surface area contributed by atoms with Gasteiger partial charge in [0.05, 0.1) is 4.90 Å². The minimum Gasteiger partial charge on any atom is -0.298 e. The van der Waals surface area contributed by atoms with Gasteiger partial charge in [-0.1, -0.05) is 29.8 Å². The second kappa shape index (κ2) is 8.23. The van der Waals surface area contributed by atoms with Crippen molar-refractivity contribution < 1.29 is 13.2 Å². The Balaban J connectivity index is 1.40. The number of halogens is 1. The molecule has 150 valence electrons. The fraction of sp³-hybridized carbons (Fsp3) is 0.200. The van der Waals surface area contributed by atoms with Gasteiger partial charge in [0.2, 0.25) is 10.0 Å². The molecular weight excluding hydrogens is 430 g/mol. The molecule has 0 aliphatic heterocycles. The van der Waals surface area contributed by atoms with Crippen molar-refractivity contribution >= 4 is 44.0 Å². The second-order valence-corrected chi connectivity index (χ2v) is 10.0. The summed E-state index contributed by atoms with van der Waals surface area (Å²) in [4.78, 5) is 17.8. The van der Waals surface area contributed by atoms with Crippen LogP contribution in [0, 0.1) is 0 Å². The molecule has 1 aliphatic rings. The summed E-state index contributed by atoms with van der Waals surface area (Å²) in [5.41, 5.74) is 1.35. The van der Waals surface area contributed by atoms with Gasteiger partial charge < -0.3 is 0 Å². The van der Waals surface area contributed by atoms with Crippen LogP contribution < -0.4 is 10.0 Å². The molecule has 2 N–H and O–H groups in total. The lowest BCUT2D eigenvalue weighted by Gasteiger charge is -2.06. The van der Waals surface area contributed by atoms with Gasteiger partial charge in [-0.15, -0.1) is 11.3 Å². The Hall–Kier alpha value is -2.26. The lowest BCUT2D eigenvalue weighted by atomic mass is 10.1. The minimum absolute atomic E-state index is 0.0350. The molecule has 1 amide bonds. The summed E-state index contributed by atoms with van der Waals surface area (Å²) in [5, 5.41) is 3.92. The summed E-state index contributed by atoms with van der Waals surface area (Å²) in [7, 11) is -3.53. The lowest BCUT2D eigenvalue weighted by Crippen LogP contribution is -2.25. The van der Waals surface area contributed by atoms with Crippen molar-refractivity contribution in [3.05, 3.63) is 75.8 Å². The fourth-order valence-corrected chi connectivity index (χ4v) is 5.06. The van der Waals surface area contributed by atoms with E-state index in [1.807, 2.05) is 24.3 Å². The number of anilines is 1. The number of rotatable bonds is 7. The number of carbonyl (C=O) groups excluding carboxylic acids is 1. The van der Waals surface area contributed by atoms with Crippen LogP contribution in [0.5, 0.6) is 0 Å². The Morgan fingerprint density at radius 1 is 1.14 bits per heavy atom. The molecule has 0 radical (unpaired) electrons. The predicted molar refractivity (Wildman–Crippen MR) is 114 cm³/mol. The van der Waals surface area contributed by atoms with E-state index in [1.165, 1.54) is 35.6 Å². The number of amides is 1. The molecule has 29 heavy (non-hydrogen) atoms. The third kappa shape index (κ3) is 5.02. The van der Waals surface area contributed by atoms with Gasteiger partial charge in [-0.05, 0) is 48.7 Å². The Morgan fingerprint density at radius 3 is 2.55 bits per heavy atom. The SMILES string of the molecule is O=C(Nc1ncc(Cc2ccccc2Cl)s1)c1ccc(S(=O)(=O)NC2CC2)cc1. The van der Waals surface area contributed by atoms with Gasteiger partial charge in [-0.2, -0.15) is 0 Å². The molecule has 0 atom stereocenters. The second-order valence-electron chi connectivity index (χ2n) is 6.77. The van der Waals surface area contributed by atoms with Crippen molar-refractivity contribution in [3.8, 4) is 0 Å². The van der Waals surface area contributed by atoms with Gasteiger partial charge >= 0.3 is 0 Å². The number of hydrogen-bond donors (Lipinski definition) is 2. The number of benzene rings is 2. The average Bonchev–Trinajstić information content (AvgIpc) is 3.40. The molecule has 9 heteroatoms. The first-order valence-electron chi connectivity index (χ1n) is 9.02. The van der Waals surface area contributed by atoms with Crippen LogP contribution in [0.15, 0.2) is 59.6 Å². The summed E-state index contributed by atoms with van der Waals surface area (Å²) in [6.45, 7) is 0. The first-order valence-corrected chi connectivity index (χ1v) is 11.7. The summed E-state index contributed by atoms with van der Waals surface area (Å²) < 4.78 is 27.0. The first-order chi connectivity index (χ1) is 13.9. The predicted octanol–water partition coefficient (Wildman–Crippen LogP) is 4.08. The molecule has 0 saturated heterocycles. The van der Waals surface area contributed by atoms with E-state index in [9.17, 15) is 13.2 Å². The third-order valence-corrected chi connectivity index (χ3v) is 7.24. The van der Waals surface area contributed by atoms with Crippen molar-refractivity contribution in [2.45, 2.75) is 30.2 Å². The van der Waals surface area contributed by atoms with Gasteiger partial charge in [0, 0.05) is 34.1 Å². The molecule has 1 heterocycles. The van der Waals surface area contributed by atoms with E-state index in [0.29, 0.717) is 22.1 Å². The number of thiazole rings is 1. The number of nitrogens with zero attached hydrogens (tertiary/aromatic N) is 1. The van der Waals surface area contributed by atoms with E-state index in [4.69, 9.17) is 11.6 Å². The third-order valence-electron chi connectivity index (χ3n) is 4.42. The molecule has 2 aromatic carbocycles. The highest BCUT2D eigenvalue weighted by Crippen LogP contribution is 2.25. The Labute approximate surface area is 178 Å². The van der Waals surface area contributed by atoms with E-state index < -0.39 is 10.0 Å². The Morgan fingerprint density at radius 2 is 1.86 bits per heavy atom. The number of carbonyl (C=O) groups is 1. The monoisotopic (exact) mass is 447 g/mol. The van der Waals surface area contributed by atoms with E-state index in [1.54, 1.807) is 6.20 Å². The van der Waals surface area contributed by atoms with Crippen LogP contribution in [0.25, 0.3) is 0 Å². The molecule has 3 aromatic rings. The van der Waals surface area contributed by atoms with Crippen molar-refractivity contribution in [1.82, 2.24) is 9.71 Å². The first kappa shape index (κ1) is 20.0. The highest BCUT2D eigenvalue weighted by atomic mass is 35.5. The van der Waals surface area contributed by atoms with Crippen LogP contribution in [-0.2, 0) is 16.4 Å². The van der Waals surface area contributed by atoms with E-state index in [0.717, 1.165) is 23.3 Å². The van der Waals surface area contributed by atoms with Crippen LogP contribution in [0.1, 0.15) is 33.6 Å². The van der Waals surface area contributed by atoms with Crippen molar-refractivity contribution in [3.63, 3.8) is 0 Å². The van der Waals surface area contributed by atoms with Crippen molar-refractivity contribution in [2.24, 2.45) is 0 Å². The number of nitrogens with one attached hydrogen (secondary N) is 2. The summed E-state index contributed by atoms with van der Waals surface area (Å²) in [6, 6.07) is 13.5. The zero-order valence-corrected chi connectivity index (χ0v) is 17.7. The Kier molecular flexibility index (Phi) is 5.69. The quantitative estimate of drug-likeness (QED) is 0.571. The van der Waals surface area contributed by atoms with Gasteiger partial charge in [-0.25, -0.2) is 18.1 Å². The summed E-state index contributed by atoms with van der Waals surface area (Å²) >= 11 is 7.56. The molecule has 1 aromatic heterocycles. The van der Waals surface area contributed by atoms with Crippen molar-refractivity contribution in [2.75, 3.05) is 5.32 Å². The molecule has 0 bridgehead atoms. The van der Waals surface area contributed by atoms with Crippen LogP contribution in [-0.4, -0.2) is 25.4 Å². The molecule has 1 aliphatic carbocycles. The number of sulfonamides is 1. The van der Waals surface area contributed by atoms with E-state index in [2.05, 4.69) is 15.0 Å². The maximum Gasteiger partial charge on any atom is 0.257 e. The summed E-state index contributed by atoms with van der Waals surface area (Å²) in [6.07, 6.45) is 4.08. The van der Waals surface area contributed by atoms with Crippen LogP contribution >= 0.6 is 22.9 Å². The zero-order valence-electron chi connectivity index (χ0n) is 15.3. The highest BCUT2D eigenvalue weighted by molar-refractivity contribution is 7.89. The van der Waals surface area contributed by atoms with Crippen molar-refractivity contribution in [1.29, 1.82) is 0 Å². The zero-order chi connectivity index (χ0) is 20.4. The minimum atomic E-state index is -3.53. The van der Waals surface area contributed by atoms with Gasteiger partial charge in [0.15, 0.2) is 5.13 Å². The maximum absolute atomic E-state index is 12.5. The lowest BCUT2D eigenvalue weighted by molar-refractivity contribution is 0.102. The molecule has 0 spiro atoms. The molecule has 1 saturated carbocycles. The number of aromatic nitrogens is 1. The molecule has 1 fully saturated rings. The van der Waals surface area contributed by atoms with Crippen LogP contribution in [0.2, 0.25) is 5.02 Å². The molecule has 6 nitrogen and oxygen atoms in total. The molecule has 0 unspecified atom stereocenters. The number of hydrogen-bond acceptors (Lipinski definition) is 5. The summed E-state index contributed by atoms with van der Waals surface area (Å²) in [5.74, 6) is -0.345. The standard InChI is InChI=1S/C20H18ClN3O3S2/c21-18-4-2-1-3-14(18)11-16-12-22-20(28-16)23-19(25)13-5-9-17(10-6-13)29(26,27)24-15-7-8-15/h1-6,9-10,12,15,24H,7-8,11H2,(H,22,23,25). The van der Waals surface area contributed by atoms with Crippen LogP contribution in [0.4, 0.5) is 5.13 Å². The largest absolute Gasteiger partial charge is 0.298 e. The average molecular weight is 448 g/mol. The van der Waals surface area contributed by atoms with Gasteiger partial charge in [-0.3, -0.25) is 10.1 Å². The molecule has 4 rings (SSSR count). The maximum atomic E-state index is 12.5. The topological polar surface area (TPSA) is 88.2 Å². The fourth-order valence-electron chi connectivity index (χ4n) is 2.72. The van der Waals surface area contributed by atoms with E-state index >= 15 is 0 Å². The molecular formula is C20H18ClN3O3S2. The normalized spacial score (nSPS) is 14.0. The smallest absolute Gasteiger partial charge is 0.257 e.